The lowest BCUT2D eigenvalue weighted by molar-refractivity contribution is -0.122. The Bertz CT molecular complexity index is 385. The van der Waals surface area contributed by atoms with Gasteiger partial charge in [-0.05, 0) is 24.6 Å². The molecule has 1 unspecified atom stereocenters. The SMILES string of the molecule is CC(N)C(=O)NCC(C)(C)c1ccc(Br)cc1. The molecule has 3 nitrogen and oxygen atoms in total. The molecule has 94 valence electrons. The van der Waals surface area contributed by atoms with E-state index in [1.54, 1.807) is 6.92 Å². The molecule has 1 aromatic rings. The Balaban J connectivity index is 2.68. The highest BCUT2D eigenvalue weighted by Crippen LogP contribution is 2.23. The van der Waals surface area contributed by atoms with E-state index in [-0.39, 0.29) is 11.3 Å². The lowest BCUT2D eigenvalue weighted by atomic mass is 9.84. The van der Waals surface area contributed by atoms with Crippen LogP contribution in [0.4, 0.5) is 0 Å². The molecule has 0 aromatic heterocycles. The molecule has 3 N–H and O–H groups in total. The standard InChI is InChI=1S/C13H19BrN2O/c1-9(15)12(17)16-8-13(2,3)10-4-6-11(14)7-5-10/h4-7,9H,8,15H2,1-3H3,(H,16,17). The highest BCUT2D eigenvalue weighted by Gasteiger charge is 2.21. The number of carbonyl (C=O) groups is 1. The third-order valence-electron chi connectivity index (χ3n) is 2.74. The zero-order valence-corrected chi connectivity index (χ0v) is 12.0. The molecule has 0 bridgehead atoms. The molecular weight excluding hydrogens is 280 g/mol. The van der Waals surface area contributed by atoms with Crippen LogP contribution in [0, 0.1) is 0 Å². The van der Waals surface area contributed by atoms with E-state index in [0.717, 1.165) is 4.47 Å². The second-order valence-corrected chi connectivity index (χ2v) is 5.81. The number of halogens is 1. The van der Waals surface area contributed by atoms with Gasteiger partial charge in [0.1, 0.15) is 0 Å². The van der Waals surface area contributed by atoms with Crippen molar-refractivity contribution in [2.75, 3.05) is 6.54 Å². The molecule has 0 spiro atoms. The van der Waals surface area contributed by atoms with Crippen molar-refractivity contribution in [1.29, 1.82) is 0 Å². The van der Waals surface area contributed by atoms with Crippen LogP contribution >= 0.6 is 15.9 Å². The number of carbonyl (C=O) groups excluding carboxylic acids is 1. The Morgan fingerprint density at radius 1 is 1.41 bits per heavy atom. The fourth-order valence-corrected chi connectivity index (χ4v) is 1.74. The minimum absolute atomic E-state index is 0.106. The predicted molar refractivity (Wildman–Crippen MR) is 73.8 cm³/mol. The van der Waals surface area contributed by atoms with Crippen molar-refractivity contribution in [1.82, 2.24) is 5.32 Å². The first kappa shape index (κ1) is 14.2. The summed E-state index contributed by atoms with van der Waals surface area (Å²) >= 11 is 3.41. The molecule has 1 aromatic carbocycles. The normalized spacial score (nSPS) is 13.2. The molecule has 0 heterocycles. The maximum Gasteiger partial charge on any atom is 0.236 e. The van der Waals surface area contributed by atoms with E-state index < -0.39 is 6.04 Å². The number of nitrogens with one attached hydrogen (secondary N) is 1. The summed E-state index contributed by atoms with van der Waals surface area (Å²) in [5.41, 5.74) is 6.59. The fraction of sp³-hybridized carbons (Fsp3) is 0.462. The van der Waals surface area contributed by atoms with Gasteiger partial charge in [0.15, 0.2) is 0 Å². The Kier molecular flexibility index (Phi) is 4.71. The second kappa shape index (κ2) is 5.65. The number of hydrogen-bond donors (Lipinski definition) is 2. The van der Waals surface area contributed by atoms with E-state index in [4.69, 9.17) is 5.73 Å². The van der Waals surface area contributed by atoms with E-state index in [9.17, 15) is 4.79 Å². The Morgan fingerprint density at radius 2 is 1.94 bits per heavy atom. The highest BCUT2D eigenvalue weighted by atomic mass is 79.9. The molecule has 0 saturated heterocycles. The summed E-state index contributed by atoms with van der Waals surface area (Å²) in [5, 5.41) is 2.86. The summed E-state index contributed by atoms with van der Waals surface area (Å²) in [6.07, 6.45) is 0. The number of nitrogens with two attached hydrogens (primary N) is 1. The van der Waals surface area contributed by atoms with Crippen LogP contribution in [-0.4, -0.2) is 18.5 Å². The van der Waals surface area contributed by atoms with Gasteiger partial charge in [-0.25, -0.2) is 0 Å². The van der Waals surface area contributed by atoms with Crippen LogP contribution < -0.4 is 11.1 Å². The third-order valence-corrected chi connectivity index (χ3v) is 3.27. The van der Waals surface area contributed by atoms with E-state index in [0.29, 0.717) is 6.54 Å². The van der Waals surface area contributed by atoms with Crippen molar-refractivity contribution in [3.8, 4) is 0 Å². The molecule has 1 amide bonds. The van der Waals surface area contributed by atoms with Crippen molar-refractivity contribution in [3.63, 3.8) is 0 Å². The number of benzene rings is 1. The van der Waals surface area contributed by atoms with E-state index >= 15 is 0 Å². The molecule has 0 aliphatic carbocycles. The van der Waals surface area contributed by atoms with Crippen molar-refractivity contribution >= 4 is 21.8 Å². The molecule has 1 rings (SSSR count). The fourth-order valence-electron chi connectivity index (χ4n) is 1.47. The Labute approximate surface area is 111 Å². The first-order valence-electron chi connectivity index (χ1n) is 5.62. The molecule has 17 heavy (non-hydrogen) atoms. The zero-order valence-electron chi connectivity index (χ0n) is 10.5. The van der Waals surface area contributed by atoms with Crippen molar-refractivity contribution in [2.24, 2.45) is 5.73 Å². The number of rotatable bonds is 4. The average molecular weight is 299 g/mol. The quantitative estimate of drug-likeness (QED) is 0.895. The highest BCUT2D eigenvalue weighted by molar-refractivity contribution is 9.10. The predicted octanol–water partition coefficient (Wildman–Crippen LogP) is 2.19. The van der Waals surface area contributed by atoms with E-state index in [1.165, 1.54) is 5.56 Å². The summed E-state index contributed by atoms with van der Waals surface area (Å²) in [7, 11) is 0. The Morgan fingerprint density at radius 3 is 2.41 bits per heavy atom. The lowest BCUT2D eigenvalue weighted by Crippen LogP contribution is -2.43. The van der Waals surface area contributed by atoms with E-state index in [1.807, 2.05) is 12.1 Å². The number of hydrogen-bond acceptors (Lipinski definition) is 2. The molecule has 1 atom stereocenters. The van der Waals surface area contributed by atoms with E-state index in [2.05, 4.69) is 47.2 Å². The van der Waals surface area contributed by atoms with Gasteiger partial charge in [-0.3, -0.25) is 4.79 Å². The smallest absolute Gasteiger partial charge is 0.236 e. The van der Waals surface area contributed by atoms with Crippen LogP contribution in [0.5, 0.6) is 0 Å². The largest absolute Gasteiger partial charge is 0.354 e. The van der Waals surface area contributed by atoms with Crippen LogP contribution in [0.1, 0.15) is 26.3 Å². The minimum Gasteiger partial charge on any atom is -0.354 e. The topological polar surface area (TPSA) is 55.1 Å². The van der Waals surface area contributed by atoms with Gasteiger partial charge in [0.05, 0.1) is 6.04 Å². The second-order valence-electron chi connectivity index (χ2n) is 4.90. The molecule has 0 saturated carbocycles. The van der Waals surface area contributed by atoms with Crippen LogP contribution in [0.3, 0.4) is 0 Å². The van der Waals surface area contributed by atoms with Gasteiger partial charge in [-0.15, -0.1) is 0 Å². The molecule has 0 aliphatic rings. The average Bonchev–Trinajstić information content (AvgIpc) is 2.26. The van der Waals surface area contributed by atoms with Gasteiger partial charge >= 0.3 is 0 Å². The van der Waals surface area contributed by atoms with Crippen molar-refractivity contribution < 1.29 is 4.79 Å². The molecule has 0 radical (unpaired) electrons. The van der Waals surface area contributed by atoms with Gasteiger partial charge in [-0.1, -0.05) is 41.9 Å². The van der Waals surface area contributed by atoms with Crippen LogP contribution in [0.2, 0.25) is 0 Å². The Hall–Kier alpha value is -0.870. The van der Waals surface area contributed by atoms with Crippen LogP contribution in [0.15, 0.2) is 28.7 Å². The third kappa shape index (κ3) is 4.13. The van der Waals surface area contributed by atoms with Crippen LogP contribution in [0.25, 0.3) is 0 Å². The summed E-state index contributed by atoms with van der Waals surface area (Å²) in [6.45, 7) is 6.45. The lowest BCUT2D eigenvalue weighted by Gasteiger charge is -2.26. The van der Waals surface area contributed by atoms with Gasteiger partial charge in [0, 0.05) is 16.4 Å². The zero-order chi connectivity index (χ0) is 13.1. The maximum absolute atomic E-state index is 11.4. The monoisotopic (exact) mass is 298 g/mol. The van der Waals surface area contributed by atoms with Crippen LogP contribution in [-0.2, 0) is 10.2 Å². The summed E-state index contributed by atoms with van der Waals surface area (Å²) in [5.74, 6) is -0.116. The molecular formula is C13H19BrN2O. The summed E-state index contributed by atoms with van der Waals surface area (Å²) < 4.78 is 1.05. The molecule has 0 aliphatic heterocycles. The van der Waals surface area contributed by atoms with Crippen molar-refractivity contribution in [2.45, 2.75) is 32.2 Å². The first-order valence-corrected chi connectivity index (χ1v) is 6.41. The van der Waals surface area contributed by atoms with Gasteiger partial charge in [0.2, 0.25) is 5.91 Å². The minimum atomic E-state index is -0.462. The summed E-state index contributed by atoms with van der Waals surface area (Å²) in [4.78, 5) is 11.4. The maximum atomic E-state index is 11.4. The van der Waals surface area contributed by atoms with Gasteiger partial charge < -0.3 is 11.1 Å². The van der Waals surface area contributed by atoms with Crippen molar-refractivity contribution in [3.05, 3.63) is 34.3 Å². The molecule has 0 fully saturated rings. The molecule has 4 heteroatoms. The van der Waals surface area contributed by atoms with Gasteiger partial charge in [0.25, 0.3) is 0 Å². The number of amides is 1. The first-order chi connectivity index (χ1) is 7.83. The van der Waals surface area contributed by atoms with Gasteiger partial charge in [-0.2, -0.15) is 0 Å². The summed E-state index contributed by atoms with van der Waals surface area (Å²) in [6, 6.07) is 7.66.